The van der Waals surface area contributed by atoms with E-state index in [0.29, 0.717) is 19.8 Å². The van der Waals surface area contributed by atoms with Gasteiger partial charge in [0.1, 0.15) is 6.10 Å². The Morgan fingerprint density at radius 3 is 3.04 bits per heavy atom. The van der Waals surface area contributed by atoms with Crippen LogP contribution in [0.1, 0.15) is 56.3 Å². The minimum atomic E-state index is -0.440. The topological polar surface area (TPSA) is 56.8 Å². The summed E-state index contributed by atoms with van der Waals surface area (Å²) in [5, 5.41) is 2.93. The second-order valence-electron chi connectivity index (χ2n) is 7.21. The molecule has 0 bridgehead atoms. The molecule has 0 spiro atoms. The van der Waals surface area contributed by atoms with Crippen LogP contribution in [0.4, 0.5) is 0 Å². The van der Waals surface area contributed by atoms with E-state index in [-0.39, 0.29) is 18.1 Å². The van der Waals surface area contributed by atoms with E-state index in [9.17, 15) is 4.79 Å². The van der Waals surface area contributed by atoms with Gasteiger partial charge in [0.2, 0.25) is 5.91 Å². The number of carbonyl (C=O) groups excluding carboxylic acids is 1. The lowest BCUT2D eigenvalue weighted by Gasteiger charge is -2.25. The quantitative estimate of drug-likeness (QED) is 0.687. The molecular weight excluding hydrogens is 330 g/mol. The Morgan fingerprint density at radius 1 is 1.31 bits per heavy atom. The van der Waals surface area contributed by atoms with Crippen LogP contribution in [-0.4, -0.2) is 44.5 Å². The standard InChI is InChI=1S/C21H31NO4/c1-16(26-15-18-9-5-13-24-18)21(23)22-12-6-14-25-20-11-4-8-17-7-2-3-10-19(17)20/h2-3,7,10,16,18,20H,4-6,8-9,11-15H2,1H3,(H,22,23). The fourth-order valence-electron chi connectivity index (χ4n) is 3.64. The summed E-state index contributed by atoms with van der Waals surface area (Å²) in [6.07, 6.45) is 6.23. The lowest BCUT2D eigenvalue weighted by Crippen LogP contribution is -2.36. The molecule has 0 saturated carbocycles. The summed E-state index contributed by atoms with van der Waals surface area (Å²) in [5.74, 6) is -0.0639. The third-order valence-electron chi connectivity index (χ3n) is 5.18. The number of amides is 1. The van der Waals surface area contributed by atoms with E-state index in [2.05, 4.69) is 29.6 Å². The largest absolute Gasteiger partial charge is 0.376 e. The zero-order chi connectivity index (χ0) is 18.2. The molecule has 3 rings (SSSR count). The first-order valence-electron chi connectivity index (χ1n) is 9.94. The molecule has 5 heteroatoms. The molecule has 1 aromatic carbocycles. The second-order valence-corrected chi connectivity index (χ2v) is 7.21. The molecule has 2 aliphatic rings. The fourth-order valence-corrected chi connectivity index (χ4v) is 3.64. The molecule has 1 N–H and O–H groups in total. The van der Waals surface area contributed by atoms with Gasteiger partial charge in [-0.05, 0) is 56.6 Å². The molecule has 1 fully saturated rings. The van der Waals surface area contributed by atoms with Crippen molar-refractivity contribution in [2.75, 3.05) is 26.4 Å². The lowest BCUT2D eigenvalue weighted by atomic mass is 9.89. The molecule has 0 radical (unpaired) electrons. The SMILES string of the molecule is CC(OCC1CCCO1)C(=O)NCCCOC1CCCc2ccccc21. The van der Waals surface area contributed by atoms with Crippen molar-refractivity contribution in [2.45, 2.75) is 63.8 Å². The van der Waals surface area contributed by atoms with Gasteiger partial charge in [0.15, 0.2) is 0 Å². The van der Waals surface area contributed by atoms with E-state index in [4.69, 9.17) is 14.2 Å². The minimum Gasteiger partial charge on any atom is -0.376 e. The third kappa shape index (κ3) is 5.53. The predicted octanol–water partition coefficient (Wildman–Crippen LogP) is 3.17. The zero-order valence-corrected chi connectivity index (χ0v) is 15.7. The Morgan fingerprint density at radius 2 is 2.19 bits per heavy atom. The van der Waals surface area contributed by atoms with E-state index in [0.717, 1.165) is 38.7 Å². The van der Waals surface area contributed by atoms with Crippen LogP contribution in [0.5, 0.6) is 0 Å². The molecule has 1 saturated heterocycles. The van der Waals surface area contributed by atoms with Gasteiger partial charge in [0.25, 0.3) is 0 Å². The number of carbonyl (C=O) groups is 1. The maximum atomic E-state index is 12.1. The van der Waals surface area contributed by atoms with Gasteiger partial charge in [0, 0.05) is 19.8 Å². The highest BCUT2D eigenvalue weighted by Crippen LogP contribution is 2.32. The van der Waals surface area contributed by atoms with Crippen molar-refractivity contribution >= 4 is 5.91 Å². The molecule has 144 valence electrons. The van der Waals surface area contributed by atoms with Crippen molar-refractivity contribution in [3.05, 3.63) is 35.4 Å². The monoisotopic (exact) mass is 361 g/mol. The van der Waals surface area contributed by atoms with Crippen LogP contribution in [0.3, 0.4) is 0 Å². The summed E-state index contributed by atoms with van der Waals surface area (Å²) in [5.41, 5.74) is 2.74. The average molecular weight is 361 g/mol. The Labute approximate surface area is 156 Å². The summed E-state index contributed by atoms with van der Waals surface area (Å²) >= 11 is 0. The van der Waals surface area contributed by atoms with Gasteiger partial charge in [-0.25, -0.2) is 0 Å². The molecular formula is C21H31NO4. The summed E-state index contributed by atoms with van der Waals surface area (Å²) in [6.45, 7) is 4.36. The Balaban J connectivity index is 1.29. The first kappa shape index (κ1) is 19.3. The number of nitrogens with one attached hydrogen (secondary N) is 1. The number of benzene rings is 1. The molecule has 3 atom stereocenters. The number of fused-ring (bicyclic) bond motifs is 1. The zero-order valence-electron chi connectivity index (χ0n) is 15.7. The van der Waals surface area contributed by atoms with Crippen LogP contribution in [0.2, 0.25) is 0 Å². The van der Waals surface area contributed by atoms with Gasteiger partial charge >= 0.3 is 0 Å². The van der Waals surface area contributed by atoms with Gasteiger partial charge in [0.05, 0.1) is 18.8 Å². The summed E-state index contributed by atoms with van der Waals surface area (Å²) < 4.78 is 17.2. The minimum absolute atomic E-state index is 0.0639. The molecule has 1 heterocycles. The molecule has 3 unspecified atom stereocenters. The fraction of sp³-hybridized carbons (Fsp3) is 0.667. The first-order chi connectivity index (χ1) is 12.7. The molecule has 1 aliphatic carbocycles. The summed E-state index contributed by atoms with van der Waals surface area (Å²) in [4.78, 5) is 12.1. The van der Waals surface area contributed by atoms with Crippen LogP contribution in [0.25, 0.3) is 0 Å². The summed E-state index contributed by atoms with van der Waals surface area (Å²) in [6, 6.07) is 8.55. The van der Waals surface area contributed by atoms with Gasteiger partial charge in [-0.3, -0.25) is 4.79 Å². The number of hydrogen-bond donors (Lipinski definition) is 1. The number of rotatable bonds is 9. The van der Waals surface area contributed by atoms with Crippen molar-refractivity contribution in [1.29, 1.82) is 0 Å². The molecule has 0 aromatic heterocycles. The van der Waals surface area contributed by atoms with Crippen LogP contribution in [-0.2, 0) is 25.4 Å². The number of ether oxygens (including phenoxy) is 3. The lowest BCUT2D eigenvalue weighted by molar-refractivity contribution is -0.133. The maximum Gasteiger partial charge on any atom is 0.248 e. The molecule has 1 amide bonds. The smallest absolute Gasteiger partial charge is 0.248 e. The normalized spacial score (nSPS) is 23.4. The highest BCUT2D eigenvalue weighted by molar-refractivity contribution is 5.80. The van der Waals surface area contributed by atoms with Gasteiger partial charge in [-0.2, -0.15) is 0 Å². The highest BCUT2D eigenvalue weighted by Gasteiger charge is 2.21. The van der Waals surface area contributed by atoms with Gasteiger partial charge in [-0.15, -0.1) is 0 Å². The van der Waals surface area contributed by atoms with E-state index in [1.54, 1.807) is 6.92 Å². The van der Waals surface area contributed by atoms with Crippen LogP contribution in [0, 0.1) is 0 Å². The highest BCUT2D eigenvalue weighted by atomic mass is 16.5. The van der Waals surface area contributed by atoms with Crippen LogP contribution < -0.4 is 5.32 Å². The molecule has 5 nitrogen and oxygen atoms in total. The average Bonchev–Trinajstić information content (AvgIpc) is 3.19. The van der Waals surface area contributed by atoms with Crippen LogP contribution in [0.15, 0.2) is 24.3 Å². The first-order valence-corrected chi connectivity index (χ1v) is 9.94. The molecule has 26 heavy (non-hydrogen) atoms. The van der Waals surface area contributed by atoms with Crippen molar-refractivity contribution in [2.24, 2.45) is 0 Å². The van der Waals surface area contributed by atoms with Gasteiger partial charge < -0.3 is 19.5 Å². The number of hydrogen-bond acceptors (Lipinski definition) is 4. The van der Waals surface area contributed by atoms with E-state index in [1.807, 2.05) is 0 Å². The predicted molar refractivity (Wildman–Crippen MR) is 100 cm³/mol. The second kappa shape index (κ2) is 10.0. The Bertz CT molecular complexity index is 571. The van der Waals surface area contributed by atoms with Crippen molar-refractivity contribution < 1.29 is 19.0 Å². The summed E-state index contributed by atoms with van der Waals surface area (Å²) in [7, 11) is 0. The van der Waals surface area contributed by atoms with Crippen molar-refractivity contribution in [1.82, 2.24) is 5.32 Å². The van der Waals surface area contributed by atoms with Crippen molar-refractivity contribution in [3.8, 4) is 0 Å². The van der Waals surface area contributed by atoms with Crippen molar-refractivity contribution in [3.63, 3.8) is 0 Å². The maximum absolute atomic E-state index is 12.1. The Hall–Kier alpha value is -1.43. The molecule has 1 aliphatic heterocycles. The Kier molecular flexibility index (Phi) is 7.47. The number of aryl methyl sites for hydroxylation is 1. The van der Waals surface area contributed by atoms with Gasteiger partial charge in [-0.1, -0.05) is 24.3 Å². The van der Waals surface area contributed by atoms with Crippen LogP contribution >= 0.6 is 0 Å². The molecule has 1 aromatic rings. The van der Waals surface area contributed by atoms with E-state index >= 15 is 0 Å². The van der Waals surface area contributed by atoms with E-state index < -0.39 is 6.10 Å². The third-order valence-corrected chi connectivity index (χ3v) is 5.18. The van der Waals surface area contributed by atoms with E-state index in [1.165, 1.54) is 17.5 Å².